The van der Waals surface area contributed by atoms with Gasteiger partial charge in [-0.25, -0.2) is 9.97 Å². The van der Waals surface area contributed by atoms with Crippen molar-refractivity contribution < 1.29 is 9.53 Å². The number of benzene rings is 1. The summed E-state index contributed by atoms with van der Waals surface area (Å²) in [6.45, 7) is 2.35. The van der Waals surface area contributed by atoms with Crippen molar-refractivity contribution in [3.63, 3.8) is 0 Å². The van der Waals surface area contributed by atoms with Crippen LogP contribution in [0, 0.1) is 6.92 Å². The Labute approximate surface area is 134 Å². The van der Waals surface area contributed by atoms with Crippen molar-refractivity contribution in [2.45, 2.75) is 13.5 Å². The average Bonchev–Trinajstić information content (AvgIpc) is 3.13. The molecule has 7 heteroatoms. The van der Waals surface area contributed by atoms with Crippen molar-refractivity contribution in [1.29, 1.82) is 0 Å². The molecule has 3 aromatic rings. The van der Waals surface area contributed by atoms with Crippen molar-refractivity contribution in [3.8, 4) is 17.0 Å². The van der Waals surface area contributed by atoms with Crippen LogP contribution in [0.3, 0.4) is 0 Å². The predicted octanol–water partition coefficient (Wildman–Crippen LogP) is 3.72. The van der Waals surface area contributed by atoms with Gasteiger partial charge in [0.2, 0.25) is 0 Å². The molecular weight excluding hydrogens is 318 g/mol. The molecule has 5 nitrogen and oxygen atoms in total. The van der Waals surface area contributed by atoms with E-state index in [1.54, 1.807) is 5.38 Å². The minimum atomic E-state index is -0.232. The van der Waals surface area contributed by atoms with E-state index in [-0.39, 0.29) is 5.91 Å². The number of aryl methyl sites for hydroxylation is 1. The van der Waals surface area contributed by atoms with Gasteiger partial charge in [0, 0.05) is 10.9 Å². The highest BCUT2D eigenvalue weighted by Gasteiger charge is 2.22. The zero-order chi connectivity index (χ0) is 15.1. The Hall–Kier alpha value is -2.25. The van der Waals surface area contributed by atoms with Gasteiger partial charge in [0.15, 0.2) is 5.13 Å². The van der Waals surface area contributed by atoms with Gasteiger partial charge in [0.1, 0.15) is 18.1 Å². The molecule has 1 amide bonds. The van der Waals surface area contributed by atoms with Crippen LogP contribution in [0.4, 0.5) is 5.13 Å². The molecule has 0 unspecified atom stereocenters. The number of amides is 1. The third-order valence-corrected chi connectivity index (χ3v) is 4.99. The van der Waals surface area contributed by atoms with E-state index in [1.807, 2.05) is 31.2 Å². The lowest BCUT2D eigenvalue weighted by Gasteiger charge is -2.15. The van der Waals surface area contributed by atoms with E-state index in [1.165, 1.54) is 22.7 Å². The average molecular weight is 329 g/mol. The molecule has 1 aliphatic heterocycles. The number of anilines is 1. The molecule has 2 aromatic heterocycles. The van der Waals surface area contributed by atoms with E-state index in [0.29, 0.717) is 17.4 Å². The Kier molecular flexibility index (Phi) is 3.16. The Morgan fingerprint density at radius 2 is 2.18 bits per heavy atom. The van der Waals surface area contributed by atoms with Gasteiger partial charge in [0.05, 0.1) is 15.6 Å². The number of aromatic nitrogens is 2. The number of carbonyl (C=O) groups is 1. The van der Waals surface area contributed by atoms with Crippen molar-refractivity contribution in [3.05, 3.63) is 45.2 Å². The van der Waals surface area contributed by atoms with Gasteiger partial charge in [-0.15, -0.1) is 11.3 Å². The van der Waals surface area contributed by atoms with Gasteiger partial charge < -0.3 is 4.74 Å². The molecule has 4 rings (SSSR count). The summed E-state index contributed by atoms with van der Waals surface area (Å²) in [6.07, 6.45) is 0. The van der Waals surface area contributed by atoms with Crippen LogP contribution < -0.4 is 10.1 Å². The molecule has 0 spiro atoms. The molecular formula is C15H11N3O2S2. The monoisotopic (exact) mass is 329 g/mol. The highest BCUT2D eigenvalue weighted by atomic mass is 32.1. The Morgan fingerprint density at radius 3 is 3.00 bits per heavy atom. The lowest BCUT2D eigenvalue weighted by molar-refractivity contribution is 0.102. The summed E-state index contributed by atoms with van der Waals surface area (Å²) in [5, 5.41) is 6.00. The third kappa shape index (κ3) is 2.28. The summed E-state index contributed by atoms with van der Waals surface area (Å²) in [4.78, 5) is 21.9. The molecule has 0 bridgehead atoms. The van der Waals surface area contributed by atoms with Gasteiger partial charge in [-0.05, 0) is 19.1 Å². The summed E-state index contributed by atoms with van der Waals surface area (Å²) < 4.78 is 5.70. The van der Waals surface area contributed by atoms with Gasteiger partial charge in [-0.1, -0.05) is 23.5 Å². The number of nitrogens with one attached hydrogen (secondary N) is 1. The first kappa shape index (κ1) is 13.4. The van der Waals surface area contributed by atoms with Crippen LogP contribution in [0.25, 0.3) is 11.3 Å². The molecule has 1 N–H and O–H groups in total. The first-order valence-corrected chi connectivity index (χ1v) is 8.36. The fourth-order valence-corrected chi connectivity index (χ4v) is 3.75. The number of rotatable bonds is 2. The van der Waals surface area contributed by atoms with Crippen LogP contribution in [0.2, 0.25) is 0 Å². The zero-order valence-electron chi connectivity index (χ0n) is 11.6. The lowest BCUT2D eigenvalue weighted by atomic mass is 10.1. The van der Waals surface area contributed by atoms with Crippen molar-refractivity contribution in [2.24, 2.45) is 0 Å². The van der Waals surface area contributed by atoms with Crippen LogP contribution in [-0.2, 0) is 6.61 Å². The smallest absolute Gasteiger partial charge is 0.276 e. The molecule has 1 aliphatic rings. The van der Waals surface area contributed by atoms with Gasteiger partial charge >= 0.3 is 0 Å². The van der Waals surface area contributed by atoms with Crippen molar-refractivity contribution in [2.75, 3.05) is 5.32 Å². The van der Waals surface area contributed by atoms with Crippen LogP contribution >= 0.6 is 22.7 Å². The van der Waals surface area contributed by atoms with Crippen LogP contribution in [0.1, 0.15) is 20.4 Å². The number of carbonyl (C=O) groups excluding carboxylic acids is 1. The first-order chi connectivity index (χ1) is 10.7. The van der Waals surface area contributed by atoms with Gasteiger partial charge in [0.25, 0.3) is 5.91 Å². The second kappa shape index (κ2) is 5.19. The second-order valence-electron chi connectivity index (χ2n) is 4.78. The SMILES string of the molecule is Cc1nc(C(=O)Nc2nc3c(s2)COc2ccccc2-3)cs1. The Balaban J connectivity index is 1.64. The second-order valence-corrected chi connectivity index (χ2v) is 6.93. The topological polar surface area (TPSA) is 64.1 Å². The van der Waals surface area contributed by atoms with Crippen molar-refractivity contribution >= 4 is 33.7 Å². The maximum absolute atomic E-state index is 12.2. The summed E-state index contributed by atoms with van der Waals surface area (Å²) in [5.74, 6) is 0.595. The normalized spacial score (nSPS) is 12.2. The number of fused-ring (bicyclic) bond motifs is 3. The molecule has 0 radical (unpaired) electrons. The molecule has 0 atom stereocenters. The quantitative estimate of drug-likeness (QED) is 0.778. The maximum atomic E-state index is 12.2. The minimum Gasteiger partial charge on any atom is -0.487 e. The van der Waals surface area contributed by atoms with Crippen LogP contribution in [0.15, 0.2) is 29.6 Å². The Morgan fingerprint density at radius 1 is 1.32 bits per heavy atom. The molecule has 110 valence electrons. The molecule has 3 heterocycles. The largest absolute Gasteiger partial charge is 0.487 e. The summed E-state index contributed by atoms with van der Waals surface area (Å²) in [6, 6.07) is 7.78. The fraction of sp³-hybridized carbons (Fsp3) is 0.133. The van der Waals surface area contributed by atoms with Gasteiger partial charge in [-0.2, -0.15) is 0 Å². The number of thiazole rings is 2. The fourth-order valence-electron chi connectivity index (χ4n) is 2.27. The predicted molar refractivity (Wildman–Crippen MR) is 86.7 cm³/mol. The minimum absolute atomic E-state index is 0.232. The maximum Gasteiger partial charge on any atom is 0.276 e. The van der Waals surface area contributed by atoms with E-state index in [0.717, 1.165) is 26.9 Å². The first-order valence-electron chi connectivity index (χ1n) is 6.66. The van der Waals surface area contributed by atoms with Gasteiger partial charge in [-0.3, -0.25) is 10.1 Å². The van der Waals surface area contributed by atoms with Crippen LogP contribution in [-0.4, -0.2) is 15.9 Å². The molecule has 1 aromatic carbocycles. The number of nitrogens with zero attached hydrogens (tertiary/aromatic N) is 2. The zero-order valence-corrected chi connectivity index (χ0v) is 13.3. The number of hydrogen-bond donors (Lipinski definition) is 1. The summed E-state index contributed by atoms with van der Waals surface area (Å²) in [5.41, 5.74) is 2.27. The van der Waals surface area contributed by atoms with Crippen LogP contribution in [0.5, 0.6) is 5.75 Å². The summed E-state index contributed by atoms with van der Waals surface area (Å²) in [7, 11) is 0. The van der Waals surface area contributed by atoms with E-state index in [9.17, 15) is 4.79 Å². The number of para-hydroxylation sites is 1. The standard InChI is InChI=1S/C15H11N3O2S2/c1-8-16-10(7-21-8)14(19)18-15-17-13-9-4-2-3-5-11(9)20-6-12(13)22-15/h2-5,7H,6H2,1H3,(H,17,18,19). The summed E-state index contributed by atoms with van der Waals surface area (Å²) >= 11 is 2.89. The molecule has 0 aliphatic carbocycles. The molecule has 0 saturated heterocycles. The highest BCUT2D eigenvalue weighted by Crippen LogP contribution is 2.40. The Bertz CT molecular complexity index is 869. The molecule has 0 fully saturated rings. The number of ether oxygens (including phenoxy) is 1. The van der Waals surface area contributed by atoms with E-state index in [4.69, 9.17) is 4.74 Å². The van der Waals surface area contributed by atoms with E-state index in [2.05, 4.69) is 15.3 Å². The number of hydrogen-bond acceptors (Lipinski definition) is 6. The van der Waals surface area contributed by atoms with E-state index < -0.39 is 0 Å². The molecule has 0 saturated carbocycles. The molecule has 22 heavy (non-hydrogen) atoms. The van der Waals surface area contributed by atoms with E-state index >= 15 is 0 Å². The third-order valence-electron chi connectivity index (χ3n) is 3.27. The van der Waals surface area contributed by atoms with Crippen molar-refractivity contribution in [1.82, 2.24) is 9.97 Å². The highest BCUT2D eigenvalue weighted by molar-refractivity contribution is 7.16. The lowest BCUT2D eigenvalue weighted by Crippen LogP contribution is -2.12.